The molecule has 0 amide bonds. The lowest BCUT2D eigenvalue weighted by atomic mass is 10.0. The molecule has 1 aromatic heterocycles. The topological polar surface area (TPSA) is 83.6 Å². The van der Waals surface area contributed by atoms with Gasteiger partial charge in [-0.15, -0.1) is 11.3 Å². The van der Waals surface area contributed by atoms with Crippen LogP contribution in [0.4, 0.5) is 5.69 Å². The van der Waals surface area contributed by atoms with Crippen molar-refractivity contribution >= 4 is 37.1 Å². The summed E-state index contributed by atoms with van der Waals surface area (Å²) >= 11 is 1.19. The Hall–Kier alpha value is -2.20. The predicted octanol–water partition coefficient (Wildman–Crippen LogP) is 3.91. The first kappa shape index (κ1) is 21.0. The lowest BCUT2D eigenvalue weighted by Crippen LogP contribution is -2.35. The molecule has 30 heavy (non-hydrogen) atoms. The summed E-state index contributed by atoms with van der Waals surface area (Å²) in [5.74, 6) is 0. The van der Waals surface area contributed by atoms with Crippen LogP contribution in [0, 0.1) is 13.8 Å². The molecule has 1 aliphatic heterocycles. The SMILES string of the molecule is Cc1ccc(S(=O)(=O)Nc2ccc3c(c2)CN(S(=O)(=O)c2cccs2)CC3)cc1C. The van der Waals surface area contributed by atoms with E-state index in [9.17, 15) is 16.8 Å². The zero-order chi connectivity index (χ0) is 21.5. The molecule has 2 aromatic carbocycles. The van der Waals surface area contributed by atoms with Gasteiger partial charge in [0.25, 0.3) is 20.0 Å². The standard InChI is InChI=1S/C21H22N2O4S3/c1-15-5-8-20(12-16(15)2)29(24,25)22-19-7-6-17-9-10-23(14-18(17)13-19)30(26,27)21-4-3-11-28-21/h3-8,11-13,22H,9-10,14H2,1-2H3. The van der Waals surface area contributed by atoms with E-state index in [1.165, 1.54) is 15.6 Å². The maximum Gasteiger partial charge on any atom is 0.261 e. The lowest BCUT2D eigenvalue weighted by molar-refractivity contribution is 0.392. The number of fused-ring (bicyclic) bond motifs is 1. The van der Waals surface area contributed by atoms with Crippen LogP contribution in [0.3, 0.4) is 0 Å². The average Bonchev–Trinajstić information content (AvgIpc) is 3.25. The van der Waals surface area contributed by atoms with E-state index in [1.807, 2.05) is 19.9 Å². The molecule has 0 radical (unpaired) electrons. The summed E-state index contributed by atoms with van der Waals surface area (Å²) in [5, 5.41) is 1.74. The molecule has 1 aliphatic rings. The van der Waals surface area contributed by atoms with Gasteiger partial charge in [0.15, 0.2) is 0 Å². The van der Waals surface area contributed by atoms with Gasteiger partial charge >= 0.3 is 0 Å². The van der Waals surface area contributed by atoms with Crippen LogP contribution in [0.5, 0.6) is 0 Å². The van der Waals surface area contributed by atoms with Crippen molar-refractivity contribution in [2.24, 2.45) is 0 Å². The third-order valence-electron chi connectivity index (χ3n) is 5.31. The maximum absolute atomic E-state index is 12.8. The Bertz CT molecular complexity index is 1300. The van der Waals surface area contributed by atoms with E-state index in [4.69, 9.17) is 0 Å². The third kappa shape index (κ3) is 4.02. The summed E-state index contributed by atoms with van der Waals surface area (Å²) < 4.78 is 55.7. The van der Waals surface area contributed by atoms with E-state index < -0.39 is 20.0 Å². The van der Waals surface area contributed by atoms with Crippen LogP contribution in [-0.4, -0.2) is 27.7 Å². The molecule has 1 N–H and O–H groups in total. The van der Waals surface area contributed by atoms with Gasteiger partial charge in [-0.1, -0.05) is 18.2 Å². The summed E-state index contributed by atoms with van der Waals surface area (Å²) in [6, 6.07) is 13.6. The van der Waals surface area contributed by atoms with Crippen LogP contribution in [0.15, 0.2) is 63.0 Å². The van der Waals surface area contributed by atoms with Gasteiger partial charge in [-0.25, -0.2) is 16.8 Å². The van der Waals surface area contributed by atoms with Crippen molar-refractivity contribution in [1.29, 1.82) is 0 Å². The molecule has 0 atom stereocenters. The number of hydrogen-bond donors (Lipinski definition) is 1. The van der Waals surface area contributed by atoms with Crippen LogP contribution in [0.25, 0.3) is 0 Å². The Morgan fingerprint density at radius 3 is 2.43 bits per heavy atom. The minimum absolute atomic E-state index is 0.199. The molecular weight excluding hydrogens is 440 g/mol. The predicted molar refractivity (Wildman–Crippen MR) is 119 cm³/mol. The molecule has 6 nitrogen and oxygen atoms in total. The smallest absolute Gasteiger partial charge is 0.261 e. The number of nitrogens with one attached hydrogen (secondary N) is 1. The number of benzene rings is 2. The first-order valence-electron chi connectivity index (χ1n) is 9.42. The molecule has 158 valence electrons. The molecule has 4 rings (SSSR count). The number of aryl methyl sites for hydroxylation is 2. The summed E-state index contributed by atoms with van der Waals surface area (Å²) in [6.45, 7) is 4.42. The van der Waals surface area contributed by atoms with Gasteiger partial charge in [0.1, 0.15) is 4.21 Å². The van der Waals surface area contributed by atoms with Crippen molar-refractivity contribution in [2.75, 3.05) is 11.3 Å². The summed E-state index contributed by atoms with van der Waals surface area (Å²) in [5.41, 5.74) is 4.18. The number of anilines is 1. The van der Waals surface area contributed by atoms with Crippen molar-refractivity contribution < 1.29 is 16.8 Å². The number of hydrogen-bond acceptors (Lipinski definition) is 5. The van der Waals surface area contributed by atoms with Crippen molar-refractivity contribution in [3.05, 3.63) is 76.2 Å². The minimum atomic E-state index is -3.74. The van der Waals surface area contributed by atoms with Crippen molar-refractivity contribution in [3.8, 4) is 0 Å². The minimum Gasteiger partial charge on any atom is -0.280 e. The monoisotopic (exact) mass is 462 g/mol. The molecule has 0 fully saturated rings. The van der Waals surface area contributed by atoms with Gasteiger partial charge in [-0.3, -0.25) is 4.72 Å². The zero-order valence-electron chi connectivity index (χ0n) is 16.6. The molecule has 0 saturated heterocycles. The number of rotatable bonds is 5. The summed E-state index contributed by atoms with van der Waals surface area (Å²) in [7, 11) is -7.28. The van der Waals surface area contributed by atoms with E-state index in [-0.39, 0.29) is 11.4 Å². The molecule has 9 heteroatoms. The highest BCUT2D eigenvalue weighted by Gasteiger charge is 2.29. The Kier molecular flexibility index (Phi) is 5.48. The maximum atomic E-state index is 12.8. The van der Waals surface area contributed by atoms with Crippen molar-refractivity contribution in [1.82, 2.24) is 4.31 Å². The van der Waals surface area contributed by atoms with Gasteiger partial charge in [0.2, 0.25) is 0 Å². The Morgan fingerprint density at radius 2 is 1.73 bits per heavy atom. The highest BCUT2D eigenvalue weighted by Crippen LogP contribution is 2.29. The molecule has 0 spiro atoms. The molecule has 0 saturated carbocycles. The second-order valence-electron chi connectivity index (χ2n) is 7.36. The Balaban J connectivity index is 1.59. The highest BCUT2D eigenvalue weighted by atomic mass is 32.2. The van der Waals surface area contributed by atoms with Crippen LogP contribution >= 0.6 is 11.3 Å². The van der Waals surface area contributed by atoms with Crippen molar-refractivity contribution in [3.63, 3.8) is 0 Å². The Labute approximate surface area is 181 Å². The zero-order valence-corrected chi connectivity index (χ0v) is 19.1. The quantitative estimate of drug-likeness (QED) is 0.623. The lowest BCUT2D eigenvalue weighted by Gasteiger charge is -2.28. The van der Waals surface area contributed by atoms with Crippen LogP contribution in [0.2, 0.25) is 0 Å². The Morgan fingerprint density at radius 1 is 0.933 bits per heavy atom. The van der Waals surface area contributed by atoms with Gasteiger partial charge < -0.3 is 0 Å². The fraction of sp³-hybridized carbons (Fsp3) is 0.238. The summed E-state index contributed by atoms with van der Waals surface area (Å²) in [6.07, 6.45) is 0.587. The van der Waals surface area contributed by atoms with Crippen LogP contribution in [0.1, 0.15) is 22.3 Å². The van der Waals surface area contributed by atoms with E-state index >= 15 is 0 Å². The molecular formula is C21H22N2O4S3. The second kappa shape index (κ2) is 7.81. The molecule has 0 aliphatic carbocycles. The van der Waals surface area contributed by atoms with E-state index in [1.54, 1.807) is 47.8 Å². The molecule has 0 unspecified atom stereocenters. The van der Waals surface area contributed by atoms with Gasteiger partial charge in [-0.05, 0) is 78.2 Å². The van der Waals surface area contributed by atoms with E-state index in [0.717, 1.165) is 22.3 Å². The number of thiophene rings is 1. The van der Waals surface area contributed by atoms with E-state index in [2.05, 4.69) is 4.72 Å². The van der Waals surface area contributed by atoms with Gasteiger partial charge in [-0.2, -0.15) is 4.31 Å². The van der Waals surface area contributed by atoms with Crippen molar-refractivity contribution in [2.45, 2.75) is 35.9 Å². The average molecular weight is 463 g/mol. The van der Waals surface area contributed by atoms with Gasteiger partial charge in [0.05, 0.1) is 4.90 Å². The fourth-order valence-electron chi connectivity index (χ4n) is 3.43. The third-order valence-corrected chi connectivity index (χ3v) is 9.91. The fourth-order valence-corrected chi connectivity index (χ4v) is 7.13. The number of sulfonamides is 2. The first-order chi connectivity index (χ1) is 14.2. The first-order valence-corrected chi connectivity index (χ1v) is 13.2. The van der Waals surface area contributed by atoms with Gasteiger partial charge in [0, 0.05) is 18.8 Å². The van der Waals surface area contributed by atoms with E-state index in [0.29, 0.717) is 22.9 Å². The highest BCUT2D eigenvalue weighted by molar-refractivity contribution is 7.92. The number of nitrogens with zero attached hydrogens (tertiary/aromatic N) is 1. The molecule has 3 aromatic rings. The largest absolute Gasteiger partial charge is 0.280 e. The molecule has 0 bridgehead atoms. The normalized spacial score (nSPS) is 15.0. The second-order valence-corrected chi connectivity index (χ2v) is 12.2. The summed E-state index contributed by atoms with van der Waals surface area (Å²) in [4.78, 5) is 0.199. The van der Waals surface area contributed by atoms with Crippen LogP contribution < -0.4 is 4.72 Å². The van der Waals surface area contributed by atoms with Crippen LogP contribution in [-0.2, 0) is 33.0 Å². The molecule has 2 heterocycles.